The molecule has 1 aromatic heterocycles. The first-order valence-corrected chi connectivity index (χ1v) is 7.12. The molecule has 0 atom stereocenters. The average Bonchev–Trinajstić information content (AvgIpc) is 3.01. The van der Waals surface area contributed by atoms with Gasteiger partial charge >= 0.3 is 0 Å². The van der Waals surface area contributed by atoms with Gasteiger partial charge in [0.1, 0.15) is 11.3 Å². The van der Waals surface area contributed by atoms with E-state index in [0.29, 0.717) is 11.5 Å². The molecule has 0 saturated carbocycles. The van der Waals surface area contributed by atoms with E-state index >= 15 is 0 Å². The fourth-order valence-corrected chi connectivity index (χ4v) is 2.79. The van der Waals surface area contributed by atoms with Crippen LogP contribution in [0.5, 0.6) is 0 Å². The monoisotopic (exact) mass is 286 g/mol. The fourth-order valence-electron chi connectivity index (χ4n) is 2.79. The Balaban J connectivity index is 1.94. The maximum absolute atomic E-state index is 5.97. The highest BCUT2D eigenvalue weighted by molar-refractivity contribution is 6.15. The molecule has 0 fully saturated rings. The zero-order valence-electron chi connectivity index (χ0n) is 11.9. The predicted molar refractivity (Wildman–Crippen MR) is 90.0 cm³/mol. The smallest absolute Gasteiger partial charge is 0.156 e. The van der Waals surface area contributed by atoms with Crippen LogP contribution in [0.15, 0.2) is 82.3 Å². The Kier molecular flexibility index (Phi) is 2.90. The van der Waals surface area contributed by atoms with Crippen LogP contribution >= 0.6 is 0 Å². The van der Waals surface area contributed by atoms with E-state index < -0.39 is 0 Å². The third kappa shape index (κ3) is 1.95. The SMILES string of the molecule is NN=C(c1ccccc1)c1cc2c(ccc3ccccc32)o1. The van der Waals surface area contributed by atoms with E-state index in [1.807, 2.05) is 54.6 Å². The van der Waals surface area contributed by atoms with Gasteiger partial charge in [-0.1, -0.05) is 60.7 Å². The lowest BCUT2D eigenvalue weighted by molar-refractivity contribution is 0.605. The highest BCUT2D eigenvalue weighted by atomic mass is 16.3. The Bertz CT molecular complexity index is 984. The number of furan rings is 1. The van der Waals surface area contributed by atoms with E-state index in [0.717, 1.165) is 16.5 Å². The Morgan fingerprint density at radius 1 is 0.818 bits per heavy atom. The molecule has 0 spiro atoms. The summed E-state index contributed by atoms with van der Waals surface area (Å²) in [5, 5.41) is 7.36. The maximum Gasteiger partial charge on any atom is 0.156 e. The summed E-state index contributed by atoms with van der Waals surface area (Å²) in [7, 11) is 0. The Labute approximate surface area is 127 Å². The minimum absolute atomic E-state index is 0.654. The highest BCUT2D eigenvalue weighted by Gasteiger charge is 2.14. The van der Waals surface area contributed by atoms with Crippen LogP contribution in [0.2, 0.25) is 0 Å². The van der Waals surface area contributed by atoms with Crippen LogP contribution in [0.3, 0.4) is 0 Å². The van der Waals surface area contributed by atoms with Crippen LogP contribution in [0, 0.1) is 0 Å². The molecule has 0 saturated heterocycles. The van der Waals surface area contributed by atoms with Crippen LogP contribution in [0.25, 0.3) is 21.7 Å². The van der Waals surface area contributed by atoms with E-state index in [1.165, 1.54) is 10.8 Å². The largest absolute Gasteiger partial charge is 0.454 e. The van der Waals surface area contributed by atoms with Crippen molar-refractivity contribution in [3.05, 3.63) is 84.1 Å². The van der Waals surface area contributed by atoms with E-state index in [4.69, 9.17) is 10.3 Å². The molecule has 0 aliphatic carbocycles. The highest BCUT2D eigenvalue weighted by Crippen LogP contribution is 2.29. The number of nitrogens with two attached hydrogens (primary N) is 1. The first kappa shape index (κ1) is 12.7. The van der Waals surface area contributed by atoms with Crippen molar-refractivity contribution >= 4 is 27.5 Å². The Morgan fingerprint density at radius 2 is 1.59 bits per heavy atom. The van der Waals surface area contributed by atoms with Gasteiger partial charge in [0, 0.05) is 10.9 Å². The molecular formula is C19H14N2O. The molecule has 4 aromatic rings. The molecule has 0 aliphatic rings. The Morgan fingerprint density at radius 3 is 2.41 bits per heavy atom. The summed E-state index contributed by atoms with van der Waals surface area (Å²) in [6, 6.07) is 24.1. The number of hydrogen-bond donors (Lipinski definition) is 1. The topological polar surface area (TPSA) is 51.5 Å². The lowest BCUT2D eigenvalue weighted by atomic mass is 10.1. The number of benzene rings is 3. The van der Waals surface area contributed by atoms with Crippen molar-refractivity contribution in [2.45, 2.75) is 0 Å². The minimum Gasteiger partial charge on any atom is -0.454 e. The summed E-state index contributed by atoms with van der Waals surface area (Å²) >= 11 is 0. The second kappa shape index (κ2) is 5.04. The van der Waals surface area contributed by atoms with E-state index in [-0.39, 0.29) is 0 Å². The average molecular weight is 286 g/mol. The van der Waals surface area contributed by atoms with Gasteiger partial charge in [-0.2, -0.15) is 5.10 Å². The van der Waals surface area contributed by atoms with Gasteiger partial charge in [-0.3, -0.25) is 0 Å². The molecular weight excluding hydrogens is 272 g/mol. The van der Waals surface area contributed by atoms with Crippen molar-refractivity contribution in [3.8, 4) is 0 Å². The van der Waals surface area contributed by atoms with Gasteiger partial charge in [0.15, 0.2) is 5.76 Å². The lowest BCUT2D eigenvalue weighted by Gasteiger charge is -2.00. The van der Waals surface area contributed by atoms with E-state index in [1.54, 1.807) is 0 Å². The van der Waals surface area contributed by atoms with Gasteiger partial charge in [-0.05, 0) is 22.9 Å². The van der Waals surface area contributed by atoms with Crippen molar-refractivity contribution in [2.75, 3.05) is 0 Å². The summed E-state index contributed by atoms with van der Waals surface area (Å²) in [5.41, 5.74) is 2.43. The number of hydrogen-bond acceptors (Lipinski definition) is 3. The van der Waals surface area contributed by atoms with Gasteiger partial charge in [0.05, 0.1) is 0 Å². The summed E-state index contributed by atoms with van der Waals surface area (Å²) in [6.07, 6.45) is 0. The van der Waals surface area contributed by atoms with Crippen LogP contribution in [0.1, 0.15) is 11.3 Å². The molecule has 0 aliphatic heterocycles. The molecule has 4 rings (SSSR count). The van der Waals surface area contributed by atoms with Crippen molar-refractivity contribution in [3.63, 3.8) is 0 Å². The third-order valence-corrected chi connectivity index (χ3v) is 3.84. The summed E-state index contributed by atoms with van der Waals surface area (Å²) in [6.45, 7) is 0. The zero-order chi connectivity index (χ0) is 14.9. The number of hydrazone groups is 1. The molecule has 0 unspecified atom stereocenters. The second-order valence-electron chi connectivity index (χ2n) is 5.15. The third-order valence-electron chi connectivity index (χ3n) is 3.84. The first-order chi connectivity index (χ1) is 10.9. The molecule has 1 heterocycles. The van der Waals surface area contributed by atoms with Crippen molar-refractivity contribution in [1.82, 2.24) is 0 Å². The Hall–Kier alpha value is -3.07. The summed E-state index contributed by atoms with van der Waals surface area (Å²) < 4.78 is 5.97. The molecule has 2 N–H and O–H groups in total. The molecule has 3 aromatic carbocycles. The van der Waals surface area contributed by atoms with Gasteiger partial charge in [0.2, 0.25) is 0 Å². The normalized spacial score (nSPS) is 12.1. The molecule has 0 radical (unpaired) electrons. The first-order valence-electron chi connectivity index (χ1n) is 7.12. The zero-order valence-corrected chi connectivity index (χ0v) is 11.9. The van der Waals surface area contributed by atoms with Crippen LogP contribution in [-0.4, -0.2) is 5.71 Å². The number of nitrogens with zero attached hydrogens (tertiary/aromatic N) is 1. The number of fused-ring (bicyclic) bond motifs is 3. The van der Waals surface area contributed by atoms with Crippen molar-refractivity contribution < 1.29 is 4.42 Å². The molecule has 0 amide bonds. The fraction of sp³-hybridized carbons (Fsp3) is 0. The van der Waals surface area contributed by atoms with Gasteiger partial charge in [-0.15, -0.1) is 0 Å². The predicted octanol–water partition coefficient (Wildman–Crippen LogP) is 4.30. The molecule has 106 valence electrons. The summed E-state index contributed by atoms with van der Waals surface area (Å²) in [5.74, 6) is 6.28. The number of rotatable bonds is 2. The van der Waals surface area contributed by atoms with Crippen LogP contribution in [-0.2, 0) is 0 Å². The van der Waals surface area contributed by atoms with E-state index in [2.05, 4.69) is 23.3 Å². The molecule has 22 heavy (non-hydrogen) atoms. The minimum atomic E-state index is 0.654. The van der Waals surface area contributed by atoms with Gasteiger partial charge in [-0.25, -0.2) is 0 Å². The summed E-state index contributed by atoms with van der Waals surface area (Å²) in [4.78, 5) is 0. The van der Waals surface area contributed by atoms with Gasteiger partial charge < -0.3 is 10.3 Å². The molecule has 0 bridgehead atoms. The second-order valence-corrected chi connectivity index (χ2v) is 5.15. The standard InChI is InChI=1S/C19H14N2O/c20-21-19(14-7-2-1-3-8-14)18-12-16-15-9-5-4-6-13(15)10-11-17(16)22-18/h1-12H,20H2. The van der Waals surface area contributed by atoms with Crippen LogP contribution in [0.4, 0.5) is 0 Å². The maximum atomic E-state index is 5.97. The molecule has 3 nitrogen and oxygen atoms in total. The van der Waals surface area contributed by atoms with Crippen molar-refractivity contribution in [2.24, 2.45) is 10.9 Å². The quantitative estimate of drug-likeness (QED) is 0.339. The molecule has 3 heteroatoms. The van der Waals surface area contributed by atoms with E-state index in [9.17, 15) is 0 Å². The lowest BCUT2D eigenvalue weighted by Crippen LogP contribution is -2.04. The van der Waals surface area contributed by atoms with Crippen LogP contribution < -0.4 is 5.84 Å². The van der Waals surface area contributed by atoms with Crippen molar-refractivity contribution in [1.29, 1.82) is 0 Å². The van der Waals surface area contributed by atoms with Gasteiger partial charge in [0.25, 0.3) is 0 Å².